The van der Waals surface area contributed by atoms with Gasteiger partial charge in [-0.2, -0.15) is 0 Å². The quantitative estimate of drug-likeness (QED) is 0.811. The summed E-state index contributed by atoms with van der Waals surface area (Å²) in [4.78, 5) is 14.5. The monoisotopic (exact) mass is 370 g/mol. The molecule has 2 aromatic carbocycles. The van der Waals surface area contributed by atoms with Crippen LogP contribution in [0, 0.1) is 0 Å². The van der Waals surface area contributed by atoms with Gasteiger partial charge in [-0.3, -0.25) is 4.79 Å². The van der Waals surface area contributed by atoms with Crippen molar-refractivity contribution in [2.24, 2.45) is 0 Å². The Balaban J connectivity index is 1.59. The van der Waals surface area contributed by atoms with E-state index < -0.39 is 0 Å². The van der Waals surface area contributed by atoms with Gasteiger partial charge in [0.2, 0.25) is 5.91 Å². The van der Waals surface area contributed by atoms with Crippen LogP contribution >= 0.6 is 0 Å². The maximum atomic E-state index is 12.4. The molecule has 1 aliphatic rings. The highest BCUT2D eigenvalue weighted by Crippen LogP contribution is 2.30. The van der Waals surface area contributed by atoms with E-state index >= 15 is 0 Å². The topological polar surface area (TPSA) is 60.0 Å². The molecule has 27 heavy (non-hydrogen) atoms. The summed E-state index contributed by atoms with van der Waals surface area (Å²) >= 11 is 0. The highest BCUT2D eigenvalue weighted by atomic mass is 16.6. The molecule has 0 fully saturated rings. The van der Waals surface area contributed by atoms with Crippen LogP contribution in [0.25, 0.3) is 0 Å². The van der Waals surface area contributed by atoms with Gasteiger partial charge in [-0.1, -0.05) is 18.2 Å². The first kappa shape index (κ1) is 19.0. The molecule has 1 aliphatic heterocycles. The Labute approximate surface area is 160 Å². The summed E-state index contributed by atoms with van der Waals surface area (Å²) in [5.74, 6) is 2.24. The molecular formula is C21H26N2O4. The summed E-state index contributed by atoms with van der Waals surface area (Å²) in [6.45, 7) is 1.63. The summed E-state index contributed by atoms with van der Waals surface area (Å²) < 4.78 is 16.3. The smallest absolute Gasteiger partial charge is 0.224 e. The number of benzene rings is 2. The first-order valence-corrected chi connectivity index (χ1v) is 9.02. The molecule has 6 heteroatoms. The number of likely N-dealkylation sites (N-methyl/N-ethyl adjacent to an activating group) is 1. The van der Waals surface area contributed by atoms with Crippen molar-refractivity contribution in [3.8, 4) is 17.2 Å². The number of hydrogen-bond acceptors (Lipinski definition) is 5. The van der Waals surface area contributed by atoms with Crippen LogP contribution in [0.2, 0.25) is 0 Å². The maximum Gasteiger partial charge on any atom is 0.224 e. The van der Waals surface area contributed by atoms with Crippen LogP contribution in [0.1, 0.15) is 17.2 Å². The molecule has 0 unspecified atom stereocenters. The molecule has 2 aromatic rings. The molecule has 144 valence electrons. The van der Waals surface area contributed by atoms with Crippen molar-refractivity contribution in [2.45, 2.75) is 12.5 Å². The Kier molecular flexibility index (Phi) is 6.19. The number of fused-ring (bicyclic) bond motifs is 1. The van der Waals surface area contributed by atoms with Crippen LogP contribution < -0.4 is 19.5 Å². The Hall–Kier alpha value is -2.73. The SMILES string of the molecule is COc1ccc([C@H](CNC(=O)Cc2ccc3c(c2)OCCO3)N(C)C)cc1. The summed E-state index contributed by atoms with van der Waals surface area (Å²) in [6, 6.07) is 13.6. The van der Waals surface area contributed by atoms with Crippen molar-refractivity contribution < 1.29 is 19.0 Å². The fourth-order valence-electron chi connectivity index (χ4n) is 3.08. The third-order valence-electron chi connectivity index (χ3n) is 4.59. The van der Waals surface area contributed by atoms with E-state index in [1.807, 2.05) is 56.6 Å². The van der Waals surface area contributed by atoms with E-state index in [1.165, 1.54) is 0 Å². The summed E-state index contributed by atoms with van der Waals surface area (Å²) in [5, 5.41) is 3.04. The second-order valence-electron chi connectivity index (χ2n) is 6.71. The van der Waals surface area contributed by atoms with Gasteiger partial charge in [0.25, 0.3) is 0 Å². The average Bonchev–Trinajstić information content (AvgIpc) is 2.68. The van der Waals surface area contributed by atoms with Gasteiger partial charge in [-0.25, -0.2) is 0 Å². The Morgan fingerprint density at radius 3 is 2.48 bits per heavy atom. The summed E-state index contributed by atoms with van der Waals surface area (Å²) in [6.07, 6.45) is 0.305. The minimum absolute atomic E-state index is 0.0213. The molecule has 0 radical (unpaired) electrons. The van der Waals surface area contributed by atoms with Crippen LogP contribution in [0.4, 0.5) is 0 Å². The number of carbonyl (C=O) groups excluding carboxylic acids is 1. The van der Waals surface area contributed by atoms with Crippen molar-refractivity contribution in [1.29, 1.82) is 0 Å². The molecule has 1 heterocycles. The molecule has 1 amide bonds. The molecule has 3 rings (SSSR count). The van der Waals surface area contributed by atoms with E-state index in [-0.39, 0.29) is 11.9 Å². The lowest BCUT2D eigenvalue weighted by molar-refractivity contribution is -0.120. The second-order valence-corrected chi connectivity index (χ2v) is 6.71. The van der Waals surface area contributed by atoms with Crippen LogP contribution in [0.15, 0.2) is 42.5 Å². The van der Waals surface area contributed by atoms with Crippen LogP contribution in [-0.2, 0) is 11.2 Å². The molecule has 1 N–H and O–H groups in total. The minimum atomic E-state index is -0.0213. The number of amides is 1. The average molecular weight is 370 g/mol. The van der Waals surface area contributed by atoms with E-state index in [1.54, 1.807) is 7.11 Å². The standard InChI is InChI=1S/C21H26N2O4/c1-23(2)18(16-5-7-17(25-3)8-6-16)14-22-21(24)13-15-4-9-19-20(12-15)27-11-10-26-19/h4-9,12,18H,10-11,13-14H2,1-3H3,(H,22,24)/t18-/m0/s1. The zero-order chi connectivity index (χ0) is 19.2. The van der Waals surface area contributed by atoms with E-state index in [0.717, 1.165) is 22.6 Å². The number of ether oxygens (including phenoxy) is 3. The molecule has 0 saturated carbocycles. The zero-order valence-electron chi connectivity index (χ0n) is 16.0. The summed E-state index contributed by atoms with van der Waals surface area (Å²) in [7, 11) is 5.65. The molecule has 0 spiro atoms. The van der Waals surface area contributed by atoms with Gasteiger partial charge in [0.05, 0.1) is 19.6 Å². The van der Waals surface area contributed by atoms with Gasteiger partial charge in [0, 0.05) is 6.54 Å². The zero-order valence-corrected chi connectivity index (χ0v) is 16.0. The van der Waals surface area contributed by atoms with E-state index in [0.29, 0.717) is 31.9 Å². The van der Waals surface area contributed by atoms with Gasteiger partial charge in [0.15, 0.2) is 11.5 Å². The van der Waals surface area contributed by atoms with Gasteiger partial charge >= 0.3 is 0 Å². The molecule has 0 bridgehead atoms. The highest BCUT2D eigenvalue weighted by molar-refractivity contribution is 5.78. The number of rotatable bonds is 7. The van der Waals surface area contributed by atoms with Crippen LogP contribution in [-0.4, -0.2) is 51.8 Å². The van der Waals surface area contributed by atoms with Gasteiger partial charge in [0.1, 0.15) is 19.0 Å². The fourth-order valence-corrected chi connectivity index (χ4v) is 3.08. The number of methoxy groups -OCH3 is 1. The van der Waals surface area contributed by atoms with Crippen molar-refractivity contribution in [3.05, 3.63) is 53.6 Å². The van der Waals surface area contributed by atoms with Gasteiger partial charge < -0.3 is 24.4 Å². The molecule has 6 nitrogen and oxygen atoms in total. The Morgan fingerprint density at radius 2 is 1.81 bits per heavy atom. The number of carbonyl (C=O) groups is 1. The normalized spacial score (nSPS) is 13.9. The van der Waals surface area contributed by atoms with Crippen molar-refractivity contribution >= 4 is 5.91 Å². The number of nitrogens with one attached hydrogen (secondary N) is 1. The maximum absolute atomic E-state index is 12.4. The fraction of sp³-hybridized carbons (Fsp3) is 0.381. The lowest BCUT2D eigenvalue weighted by atomic mass is 10.1. The molecule has 0 aromatic heterocycles. The Bertz CT molecular complexity index is 774. The van der Waals surface area contributed by atoms with Crippen molar-refractivity contribution in [1.82, 2.24) is 10.2 Å². The first-order chi connectivity index (χ1) is 13.1. The van der Waals surface area contributed by atoms with Crippen molar-refractivity contribution in [2.75, 3.05) is 41.0 Å². The third kappa shape index (κ3) is 4.92. The van der Waals surface area contributed by atoms with E-state index in [4.69, 9.17) is 14.2 Å². The van der Waals surface area contributed by atoms with E-state index in [2.05, 4.69) is 10.2 Å². The number of nitrogens with zero attached hydrogens (tertiary/aromatic N) is 1. The van der Waals surface area contributed by atoms with Crippen LogP contribution in [0.5, 0.6) is 17.2 Å². The molecule has 0 saturated heterocycles. The number of hydrogen-bond donors (Lipinski definition) is 1. The lowest BCUT2D eigenvalue weighted by Crippen LogP contribution is -2.35. The minimum Gasteiger partial charge on any atom is -0.497 e. The molecule has 1 atom stereocenters. The Morgan fingerprint density at radius 1 is 1.11 bits per heavy atom. The van der Waals surface area contributed by atoms with Gasteiger partial charge in [-0.05, 0) is 49.5 Å². The lowest BCUT2D eigenvalue weighted by Gasteiger charge is -2.25. The van der Waals surface area contributed by atoms with Gasteiger partial charge in [-0.15, -0.1) is 0 Å². The largest absolute Gasteiger partial charge is 0.497 e. The predicted octanol–water partition coefficient (Wildman–Crippen LogP) is 2.43. The van der Waals surface area contributed by atoms with Crippen LogP contribution in [0.3, 0.4) is 0 Å². The van der Waals surface area contributed by atoms with E-state index in [9.17, 15) is 4.79 Å². The highest BCUT2D eigenvalue weighted by Gasteiger charge is 2.17. The molecular weight excluding hydrogens is 344 g/mol. The molecule has 0 aliphatic carbocycles. The first-order valence-electron chi connectivity index (χ1n) is 9.02. The second kappa shape index (κ2) is 8.77. The third-order valence-corrected chi connectivity index (χ3v) is 4.59. The van der Waals surface area contributed by atoms with Crippen molar-refractivity contribution in [3.63, 3.8) is 0 Å². The summed E-state index contributed by atoms with van der Waals surface area (Å²) in [5.41, 5.74) is 2.03. The predicted molar refractivity (Wildman–Crippen MR) is 104 cm³/mol.